The minimum Gasteiger partial charge on any atom is -0.379 e. The number of halogens is 1. The standard InChI is InChI=1S/C29H34FN3O5/c1-37-25-15-23-24(16-26(25)38-2)32(17-20-7-11-22(30)12-8-20)29(36)33(28(23)35)18-19-5-9-21(10-6-19)27(34)31-13-3-4-14-31/h5-12,23-26H,3-4,13-18H2,1-2H3. The molecular weight excluding hydrogens is 489 g/mol. The van der Waals surface area contributed by atoms with Gasteiger partial charge in [0.05, 0.1) is 24.7 Å². The molecule has 202 valence electrons. The van der Waals surface area contributed by atoms with E-state index in [2.05, 4.69) is 0 Å². The molecule has 0 bridgehead atoms. The first-order valence-electron chi connectivity index (χ1n) is 13.2. The number of ether oxygens (including phenoxy) is 2. The predicted octanol–water partition coefficient (Wildman–Crippen LogP) is 3.83. The summed E-state index contributed by atoms with van der Waals surface area (Å²) in [4.78, 5) is 45.0. The van der Waals surface area contributed by atoms with Crippen LogP contribution in [0.25, 0.3) is 0 Å². The lowest BCUT2D eigenvalue weighted by Gasteiger charge is -2.50. The molecule has 1 aliphatic carbocycles. The maximum atomic E-state index is 13.8. The van der Waals surface area contributed by atoms with Gasteiger partial charge in [-0.15, -0.1) is 0 Å². The molecule has 9 heteroatoms. The van der Waals surface area contributed by atoms with Gasteiger partial charge in [-0.2, -0.15) is 0 Å². The first kappa shape index (κ1) is 26.3. The van der Waals surface area contributed by atoms with E-state index in [0.717, 1.165) is 37.1 Å². The molecule has 1 saturated carbocycles. The number of carbonyl (C=O) groups excluding carboxylic acids is 3. The van der Waals surface area contributed by atoms with Crippen LogP contribution >= 0.6 is 0 Å². The topological polar surface area (TPSA) is 79.4 Å². The van der Waals surface area contributed by atoms with Crippen LogP contribution in [0.15, 0.2) is 48.5 Å². The van der Waals surface area contributed by atoms with Gasteiger partial charge < -0.3 is 19.3 Å². The molecule has 2 saturated heterocycles. The van der Waals surface area contributed by atoms with Crippen LogP contribution in [-0.4, -0.2) is 78.1 Å². The summed E-state index contributed by atoms with van der Waals surface area (Å²) in [7, 11) is 3.22. The summed E-state index contributed by atoms with van der Waals surface area (Å²) in [6.45, 7) is 1.90. The molecule has 4 atom stereocenters. The third-order valence-electron chi connectivity index (χ3n) is 8.11. The van der Waals surface area contributed by atoms with Crippen LogP contribution in [0.2, 0.25) is 0 Å². The van der Waals surface area contributed by atoms with Crippen molar-refractivity contribution >= 4 is 17.8 Å². The molecular formula is C29H34FN3O5. The van der Waals surface area contributed by atoms with Gasteiger partial charge in [0, 0.05) is 45.5 Å². The van der Waals surface area contributed by atoms with Crippen LogP contribution in [0, 0.1) is 11.7 Å². The summed E-state index contributed by atoms with van der Waals surface area (Å²) in [5.41, 5.74) is 2.14. The molecule has 8 nitrogen and oxygen atoms in total. The number of carbonyl (C=O) groups is 3. The summed E-state index contributed by atoms with van der Waals surface area (Å²) in [5.74, 6) is -1.02. The Morgan fingerprint density at radius 3 is 2.08 bits per heavy atom. The summed E-state index contributed by atoms with van der Waals surface area (Å²) in [6, 6.07) is 12.4. The number of rotatable bonds is 7. The Hall–Kier alpha value is -3.30. The summed E-state index contributed by atoms with van der Waals surface area (Å²) >= 11 is 0. The Kier molecular flexibility index (Phi) is 7.76. The highest BCUT2D eigenvalue weighted by Crippen LogP contribution is 2.38. The maximum Gasteiger partial charge on any atom is 0.327 e. The zero-order valence-electron chi connectivity index (χ0n) is 21.8. The molecule has 3 aliphatic rings. The number of hydrogen-bond acceptors (Lipinski definition) is 5. The third-order valence-corrected chi connectivity index (χ3v) is 8.11. The van der Waals surface area contributed by atoms with Gasteiger partial charge in [0.15, 0.2) is 0 Å². The quantitative estimate of drug-likeness (QED) is 0.551. The Balaban J connectivity index is 1.39. The first-order valence-corrected chi connectivity index (χ1v) is 13.2. The molecule has 0 N–H and O–H groups in total. The van der Waals surface area contributed by atoms with E-state index in [1.54, 1.807) is 55.5 Å². The molecule has 4 unspecified atom stereocenters. The summed E-state index contributed by atoms with van der Waals surface area (Å²) in [6.07, 6.45) is 2.45. The van der Waals surface area contributed by atoms with E-state index in [1.807, 2.05) is 4.90 Å². The second-order valence-electron chi connectivity index (χ2n) is 10.4. The second-order valence-corrected chi connectivity index (χ2v) is 10.4. The normalized spacial score (nSPS) is 25.6. The number of likely N-dealkylation sites (tertiary alicyclic amines) is 1. The lowest BCUT2D eigenvalue weighted by Crippen LogP contribution is -2.64. The van der Waals surface area contributed by atoms with Gasteiger partial charge in [-0.05, 0) is 61.1 Å². The summed E-state index contributed by atoms with van der Waals surface area (Å²) in [5, 5.41) is 0. The average Bonchev–Trinajstić information content (AvgIpc) is 3.49. The van der Waals surface area contributed by atoms with Crippen LogP contribution in [0.5, 0.6) is 0 Å². The van der Waals surface area contributed by atoms with E-state index in [4.69, 9.17) is 9.47 Å². The van der Waals surface area contributed by atoms with Crippen LogP contribution in [0.3, 0.4) is 0 Å². The highest BCUT2D eigenvalue weighted by atomic mass is 19.1. The SMILES string of the molecule is COC1CC2C(=O)N(Cc3ccc(C(=O)N4CCCC4)cc3)C(=O)N(Cc3ccc(F)cc3)C2CC1OC. The molecule has 0 spiro atoms. The zero-order chi connectivity index (χ0) is 26.8. The molecule has 5 rings (SSSR count). The van der Waals surface area contributed by atoms with Crippen LogP contribution in [0.4, 0.5) is 9.18 Å². The molecule has 2 heterocycles. The molecule has 2 aliphatic heterocycles. The third kappa shape index (κ3) is 5.17. The lowest BCUT2D eigenvalue weighted by molar-refractivity contribution is -0.152. The van der Waals surface area contributed by atoms with Crippen molar-refractivity contribution in [3.63, 3.8) is 0 Å². The van der Waals surface area contributed by atoms with Gasteiger partial charge in [0.25, 0.3) is 5.91 Å². The van der Waals surface area contributed by atoms with Gasteiger partial charge in [-0.25, -0.2) is 9.18 Å². The van der Waals surface area contributed by atoms with Crippen molar-refractivity contribution in [1.29, 1.82) is 0 Å². The monoisotopic (exact) mass is 523 g/mol. The summed E-state index contributed by atoms with van der Waals surface area (Å²) < 4.78 is 24.8. The highest BCUT2D eigenvalue weighted by Gasteiger charge is 2.51. The number of urea groups is 1. The van der Waals surface area contributed by atoms with Crippen molar-refractivity contribution in [2.24, 2.45) is 5.92 Å². The minimum absolute atomic E-state index is 0.00741. The van der Waals surface area contributed by atoms with E-state index < -0.39 is 5.92 Å². The van der Waals surface area contributed by atoms with Gasteiger partial charge in [-0.1, -0.05) is 24.3 Å². The number of imide groups is 1. The highest BCUT2D eigenvalue weighted by molar-refractivity contribution is 5.99. The van der Waals surface area contributed by atoms with Crippen molar-refractivity contribution in [3.8, 4) is 0 Å². The van der Waals surface area contributed by atoms with E-state index >= 15 is 0 Å². The number of methoxy groups -OCH3 is 2. The average molecular weight is 524 g/mol. The number of amides is 4. The second kappa shape index (κ2) is 11.2. The van der Waals surface area contributed by atoms with Crippen molar-refractivity contribution in [3.05, 3.63) is 71.0 Å². The molecule has 2 aromatic carbocycles. The Labute approximate surface area is 222 Å². The van der Waals surface area contributed by atoms with Crippen LogP contribution in [-0.2, 0) is 27.4 Å². The van der Waals surface area contributed by atoms with E-state index in [1.165, 1.54) is 17.0 Å². The molecule has 4 amide bonds. The van der Waals surface area contributed by atoms with Crippen molar-refractivity contribution in [2.75, 3.05) is 27.3 Å². The van der Waals surface area contributed by atoms with E-state index in [9.17, 15) is 18.8 Å². The first-order chi connectivity index (χ1) is 18.4. The number of benzene rings is 2. The van der Waals surface area contributed by atoms with Crippen molar-refractivity contribution < 1.29 is 28.2 Å². The largest absolute Gasteiger partial charge is 0.379 e. The molecule has 3 fully saturated rings. The van der Waals surface area contributed by atoms with Crippen LogP contribution < -0.4 is 0 Å². The molecule has 0 radical (unpaired) electrons. The van der Waals surface area contributed by atoms with Crippen molar-refractivity contribution in [2.45, 2.75) is 57.0 Å². The zero-order valence-corrected chi connectivity index (χ0v) is 21.8. The molecule has 38 heavy (non-hydrogen) atoms. The molecule has 0 aromatic heterocycles. The number of fused-ring (bicyclic) bond motifs is 1. The van der Waals surface area contributed by atoms with E-state index in [0.29, 0.717) is 18.4 Å². The fourth-order valence-electron chi connectivity index (χ4n) is 5.97. The van der Waals surface area contributed by atoms with Crippen LogP contribution in [0.1, 0.15) is 47.2 Å². The van der Waals surface area contributed by atoms with Gasteiger partial charge in [0.2, 0.25) is 5.91 Å². The van der Waals surface area contributed by atoms with E-state index in [-0.39, 0.29) is 55.0 Å². The smallest absolute Gasteiger partial charge is 0.327 e. The Morgan fingerprint density at radius 2 is 1.45 bits per heavy atom. The number of hydrogen-bond donors (Lipinski definition) is 0. The van der Waals surface area contributed by atoms with Gasteiger partial charge in [-0.3, -0.25) is 14.5 Å². The Bertz CT molecular complexity index is 1170. The van der Waals surface area contributed by atoms with Gasteiger partial charge >= 0.3 is 6.03 Å². The maximum absolute atomic E-state index is 13.8. The van der Waals surface area contributed by atoms with Gasteiger partial charge in [0.1, 0.15) is 5.82 Å². The molecule has 2 aromatic rings. The number of nitrogens with zero attached hydrogens (tertiary/aromatic N) is 3. The van der Waals surface area contributed by atoms with Crippen molar-refractivity contribution in [1.82, 2.24) is 14.7 Å². The predicted molar refractivity (Wildman–Crippen MR) is 138 cm³/mol. The fraction of sp³-hybridized carbons (Fsp3) is 0.483. The minimum atomic E-state index is -0.444. The Morgan fingerprint density at radius 1 is 0.868 bits per heavy atom. The fourth-order valence-corrected chi connectivity index (χ4v) is 5.97. The lowest BCUT2D eigenvalue weighted by atomic mass is 9.77.